The molecule has 3 N–H and O–H groups in total. The summed E-state index contributed by atoms with van der Waals surface area (Å²) in [4.78, 5) is 4.41. The number of nitrogens with zero attached hydrogens (tertiary/aromatic N) is 2. The molecule has 0 aliphatic carbocycles. The second-order valence-electron chi connectivity index (χ2n) is 3.77. The van der Waals surface area contributed by atoms with Crippen LogP contribution in [0.3, 0.4) is 0 Å². The highest BCUT2D eigenvalue weighted by atomic mass is 32.2. The van der Waals surface area contributed by atoms with Crippen LogP contribution in [0.1, 0.15) is 31.6 Å². The lowest BCUT2D eigenvalue weighted by Gasteiger charge is -2.22. The van der Waals surface area contributed by atoms with E-state index in [0.717, 1.165) is 12.4 Å². The molecule has 1 fully saturated rings. The molecule has 1 saturated heterocycles. The minimum Gasteiger partial charge on any atom is -0.334 e. The Morgan fingerprint density at radius 3 is 3.27 bits per heavy atom. The van der Waals surface area contributed by atoms with Crippen molar-refractivity contribution < 1.29 is 0 Å². The standard InChI is InChI=1S/C10H18N4S/c1-2-14-6-5-12-10(14)9(13-11)8-4-3-7-15-8/h5-6,8-9,13H,2-4,7,11H2,1H3. The highest BCUT2D eigenvalue weighted by molar-refractivity contribution is 8.00. The van der Waals surface area contributed by atoms with Gasteiger partial charge in [0.05, 0.1) is 6.04 Å². The fourth-order valence-electron chi connectivity index (χ4n) is 2.08. The third-order valence-corrected chi connectivity index (χ3v) is 4.34. The first kappa shape index (κ1) is 11.0. The Hall–Kier alpha value is -0.520. The van der Waals surface area contributed by atoms with Gasteiger partial charge in [0.15, 0.2) is 0 Å². The topological polar surface area (TPSA) is 55.9 Å². The maximum absolute atomic E-state index is 5.65. The number of hydrogen-bond donors (Lipinski definition) is 2. The molecule has 0 amide bonds. The molecule has 2 atom stereocenters. The van der Waals surface area contributed by atoms with Crippen LogP contribution in [0.5, 0.6) is 0 Å². The van der Waals surface area contributed by atoms with Gasteiger partial charge < -0.3 is 4.57 Å². The molecule has 1 aliphatic rings. The molecule has 1 aromatic heterocycles. The fraction of sp³-hybridized carbons (Fsp3) is 0.700. The summed E-state index contributed by atoms with van der Waals surface area (Å²) >= 11 is 2.00. The molecule has 2 unspecified atom stereocenters. The van der Waals surface area contributed by atoms with E-state index in [0.29, 0.717) is 5.25 Å². The molecule has 15 heavy (non-hydrogen) atoms. The molecule has 5 heteroatoms. The van der Waals surface area contributed by atoms with Crippen LogP contribution in [0.4, 0.5) is 0 Å². The van der Waals surface area contributed by atoms with Gasteiger partial charge in [0.25, 0.3) is 0 Å². The summed E-state index contributed by atoms with van der Waals surface area (Å²) in [7, 11) is 0. The summed E-state index contributed by atoms with van der Waals surface area (Å²) in [5, 5.41) is 0.572. The third-order valence-electron chi connectivity index (χ3n) is 2.88. The average Bonchev–Trinajstić information content (AvgIpc) is 2.89. The second kappa shape index (κ2) is 5.01. The Balaban J connectivity index is 2.17. The first-order chi connectivity index (χ1) is 7.36. The largest absolute Gasteiger partial charge is 0.334 e. The van der Waals surface area contributed by atoms with E-state index in [1.165, 1.54) is 18.6 Å². The van der Waals surface area contributed by atoms with E-state index in [4.69, 9.17) is 5.84 Å². The average molecular weight is 226 g/mol. The fourth-order valence-corrected chi connectivity index (χ4v) is 3.44. The van der Waals surface area contributed by atoms with Gasteiger partial charge in [-0.3, -0.25) is 5.84 Å². The normalized spacial score (nSPS) is 23.2. The minimum atomic E-state index is 0.187. The number of rotatable bonds is 4. The first-order valence-electron chi connectivity index (χ1n) is 5.45. The van der Waals surface area contributed by atoms with Crippen molar-refractivity contribution >= 4 is 11.8 Å². The van der Waals surface area contributed by atoms with Gasteiger partial charge in [-0.2, -0.15) is 11.8 Å². The van der Waals surface area contributed by atoms with Crippen molar-refractivity contribution in [2.24, 2.45) is 5.84 Å². The SMILES string of the molecule is CCn1ccnc1C(NN)C1CCCS1. The van der Waals surface area contributed by atoms with E-state index in [9.17, 15) is 0 Å². The number of hydrogen-bond acceptors (Lipinski definition) is 4. The predicted molar refractivity (Wildman–Crippen MR) is 63.4 cm³/mol. The van der Waals surface area contributed by atoms with Crippen molar-refractivity contribution in [1.29, 1.82) is 0 Å². The molecular formula is C10H18N4S. The van der Waals surface area contributed by atoms with Crippen molar-refractivity contribution in [3.63, 3.8) is 0 Å². The predicted octanol–water partition coefficient (Wildman–Crippen LogP) is 1.30. The molecule has 2 rings (SSSR count). The zero-order valence-electron chi connectivity index (χ0n) is 9.02. The number of aryl methyl sites for hydroxylation is 1. The number of thioether (sulfide) groups is 1. The third kappa shape index (κ3) is 2.19. The van der Waals surface area contributed by atoms with Crippen LogP contribution >= 0.6 is 11.8 Å². The summed E-state index contributed by atoms with van der Waals surface area (Å²) in [6, 6.07) is 0.187. The lowest BCUT2D eigenvalue weighted by molar-refractivity contribution is 0.474. The van der Waals surface area contributed by atoms with Crippen LogP contribution in [0.2, 0.25) is 0 Å². The van der Waals surface area contributed by atoms with E-state index < -0.39 is 0 Å². The van der Waals surface area contributed by atoms with Gasteiger partial charge in [-0.15, -0.1) is 0 Å². The monoisotopic (exact) mass is 226 g/mol. The summed E-state index contributed by atoms with van der Waals surface area (Å²) in [5.41, 5.74) is 2.92. The summed E-state index contributed by atoms with van der Waals surface area (Å²) < 4.78 is 2.16. The van der Waals surface area contributed by atoms with Crippen LogP contribution in [-0.4, -0.2) is 20.6 Å². The van der Waals surface area contributed by atoms with Gasteiger partial charge in [0.1, 0.15) is 5.82 Å². The van der Waals surface area contributed by atoms with Crippen molar-refractivity contribution in [2.75, 3.05) is 5.75 Å². The second-order valence-corrected chi connectivity index (χ2v) is 5.11. The molecule has 1 aliphatic heterocycles. The molecule has 0 aromatic carbocycles. The smallest absolute Gasteiger partial charge is 0.128 e. The number of nitrogens with two attached hydrogens (primary N) is 1. The molecule has 0 saturated carbocycles. The van der Waals surface area contributed by atoms with Crippen LogP contribution in [0.15, 0.2) is 12.4 Å². The number of hydrazine groups is 1. The Bertz CT molecular complexity index is 306. The van der Waals surface area contributed by atoms with Gasteiger partial charge in [0.2, 0.25) is 0 Å². The van der Waals surface area contributed by atoms with Crippen molar-refractivity contribution in [2.45, 2.75) is 37.6 Å². The first-order valence-corrected chi connectivity index (χ1v) is 6.50. The summed E-state index contributed by atoms with van der Waals surface area (Å²) in [6.07, 6.45) is 6.39. The highest BCUT2D eigenvalue weighted by Crippen LogP contribution is 2.34. The molecule has 4 nitrogen and oxygen atoms in total. The van der Waals surface area contributed by atoms with E-state index in [-0.39, 0.29) is 6.04 Å². The minimum absolute atomic E-state index is 0.187. The molecular weight excluding hydrogens is 208 g/mol. The van der Waals surface area contributed by atoms with Gasteiger partial charge in [-0.25, -0.2) is 10.4 Å². The number of nitrogens with one attached hydrogen (secondary N) is 1. The Kier molecular flexibility index (Phi) is 3.66. The Morgan fingerprint density at radius 2 is 2.67 bits per heavy atom. The van der Waals surface area contributed by atoms with Gasteiger partial charge in [0, 0.05) is 24.2 Å². The molecule has 1 aromatic rings. The zero-order valence-corrected chi connectivity index (χ0v) is 9.83. The summed E-state index contributed by atoms with van der Waals surface area (Å²) in [6.45, 7) is 3.07. The molecule has 2 heterocycles. The van der Waals surface area contributed by atoms with Crippen LogP contribution in [0, 0.1) is 0 Å². The van der Waals surface area contributed by atoms with E-state index in [1.54, 1.807) is 0 Å². The van der Waals surface area contributed by atoms with Crippen molar-refractivity contribution in [1.82, 2.24) is 15.0 Å². The quantitative estimate of drug-likeness (QED) is 0.600. The van der Waals surface area contributed by atoms with Gasteiger partial charge in [-0.05, 0) is 25.5 Å². The number of aromatic nitrogens is 2. The van der Waals surface area contributed by atoms with Crippen molar-refractivity contribution in [3.8, 4) is 0 Å². The van der Waals surface area contributed by atoms with Crippen LogP contribution in [-0.2, 0) is 6.54 Å². The molecule has 0 bridgehead atoms. The molecule has 0 spiro atoms. The van der Waals surface area contributed by atoms with Crippen LogP contribution < -0.4 is 11.3 Å². The van der Waals surface area contributed by atoms with Crippen LogP contribution in [0.25, 0.3) is 0 Å². The molecule has 0 radical (unpaired) electrons. The van der Waals surface area contributed by atoms with E-state index in [2.05, 4.69) is 21.9 Å². The Labute approximate surface area is 94.6 Å². The lowest BCUT2D eigenvalue weighted by Crippen LogP contribution is -2.36. The molecule has 84 valence electrons. The Morgan fingerprint density at radius 1 is 1.80 bits per heavy atom. The maximum Gasteiger partial charge on any atom is 0.128 e. The maximum atomic E-state index is 5.65. The van der Waals surface area contributed by atoms with E-state index >= 15 is 0 Å². The van der Waals surface area contributed by atoms with Gasteiger partial charge in [-0.1, -0.05) is 0 Å². The summed E-state index contributed by atoms with van der Waals surface area (Å²) in [5.74, 6) is 7.97. The highest BCUT2D eigenvalue weighted by Gasteiger charge is 2.28. The lowest BCUT2D eigenvalue weighted by atomic mass is 10.1. The van der Waals surface area contributed by atoms with Gasteiger partial charge >= 0.3 is 0 Å². The van der Waals surface area contributed by atoms with E-state index in [1.807, 2.05) is 24.2 Å². The zero-order chi connectivity index (χ0) is 10.7. The van der Waals surface area contributed by atoms with Crippen molar-refractivity contribution in [3.05, 3.63) is 18.2 Å². The number of imidazole rings is 1.